The summed E-state index contributed by atoms with van der Waals surface area (Å²) in [6.07, 6.45) is 7.30. The second-order valence-corrected chi connectivity index (χ2v) is 4.40. The Bertz CT molecular complexity index is 892. The third-order valence-electron chi connectivity index (χ3n) is 3.39. The number of aromatic nitrogens is 4. The number of hydrogen-bond donors (Lipinski definition) is 1. The van der Waals surface area contributed by atoms with E-state index in [-0.39, 0.29) is 0 Å². The molecule has 0 atom stereocenters. The lowest BCUT2D eigenvalue weighted by Crippen LogP contribution is -1.86. The number of nitrogens with zero attached hydrogens (tertiary/aromatic N) is 3. The molecule has 0 radical (unpaired) electrons. The van der Waals surface area contributed by atoms with Crippen LogP contribution in [0.4, 0.5) is 0 Å². The monoisotopic (exact) mass is 234 g/mol. The van der Waals surface area contributed by atoms with Gasteiger partial charge in [-0.3, -0.25) is 9.97 Å². The van der Waals surface area contributed by atoms with E-state index in [2.05, 4.69) is 26.9 Å². The SMILES string of the molecule is Cc1c2cnccc2nc2[nH]c3ccncc3c12. The van der Waals surface area contributed by atoms with E-state index >= 15 is 0 Å². The van der Waals surface area contributed by atoms with Crippen LogP contribution in [0.3, 0.4) is 0 Å². The molecule has 0 amide bonds. The predicted octanol–water partition coefficient (Wildman–Crippen LogP) is 2.97. The van der Waals surface area contributed by atoms with Crippen LogP contribution in [0.15, 0.2) is 36.9 Å². The van der Waals surface area contributed by atoms with Crippen LogP contribution < -0.4 is 0 Å². The fourth-order valence-corrected chi connectivity index (χ4v) is 2.51. The van der Waals surface area contributed by atoms with E-state index in [1.807, 2.05) is 24.5 Å². The van der Waals surface area contributed by atoms with Crippen molar-refractivity contribution < 1.29 is 0 Å². The van der Waals surface area contributed by atoms with Gasteiger partial charge in [0.2, 0.25) is 0 Å². The topological polar surface area (TPSA) is 54.5 Å². The molecule has 4 heteroatoms. The van der Waals surface area contributed by atoms with Gasteiger partial charge in [0, 0.05) is 40.9 Å². The molecule has 4 aromatic rings. The highest BCUT2D eigenvalue weighted by molar-refractivity contribution is 6.11. The van der Waals surface area contributed by atoms with E-state index < -0.39 is 0 Å². The van der Waals surface area contributed by atoms with Crippen molar-refractivity contribution in [1.82, 2.24) is 19.9 Å². The van der Waals surface area contributed by atoms with Gasteiger partial charge in [0.1, 0.15) is 5.65 Å². The summed E-state index contributed by atoms with van der Waals surface area (Å²) >= 11 is 0. The maximum atomic E-state index is 4.65. The van der Waals surface area contributed by atoms with Gasteiger partial charge in [-0.1, -0.05) is 0 Å². The molecule has 0 spiro atoms. The van der Waals surface area contributed by atoms with Crippen molar-refractivity contribution in [1.29, 1.82) is 0 Å². The van der Waals surface area contributed by atoms with E-state index in [4.69, 9.17) is 0 Å². The van der Waals surface area contributed by atoms with Crippen LogP contribution in [0.1, 0.15) is 5.56 Å². The standard InChI is InChI=1S/C14H10N4/c1-8-9-6-15-4-2-11(9)17-14-13(8)10-7-16-5-3-12(10)18-14/h2-7H,1H3,(H,17,18). The first-order valence-electron chi connectivity index (χ1n) is 5.80. The van der Waals surface area contributed by atoms with Crippen LogP contribution in [0.5, 0.6) is 0 Å². The van der Waals surface area contributed by atoms with Crippen molar-refractivity contribution in [3.05, 3.63) is 42.5 Å². The van der Waals surface area contributed by atoms with Gasteiger partial charge in [-0.2, -0.15) is 0 Å². The van der Waals surface area contributed by atoms with E-state index in [1.165, 1.54) is 5.56 Å². The number of aryl methyl sites for hydroxylation is 1. The summed E-state index contributed by atoms with van der Waals surface area (Å²) in [5.74, 6) is 0. The molecule has 4 rings (SSSR count). The van der Waals surface area contributed by atoms with Gasteiger partial charge in [-0.05, 0) is 24.6 Å². The molecule has 0 unspecified atom stereocenters. The van der Waals surface area contributed by atoms with Gasteiger partial charge >= 0.3 is 0 Å². The molecule has 0 bridgehead atoms. The lowest BCUT2D eigenvalue weighted by molar-refractivity contribution is 1.32. The number of hydrogen-bond acceptors (Lipinski definition) is 3. The normalized spacial score (nSPS) is 11.6. The molecule has 4 heterocycles. The van der Waals surface area contributed by atoms with Crippen LogP contribution in [0.2, 0.25) is 0 Å². The van der Waals surface area contributed by atoms with Crippen LogP contribution in [0, 0.1) is 6.92 Å². The van der Waals surface area contributed by atoms with E-state index in [0.29, 0.717) is 0 Å². The summed E-state index contributed by atoms with van der Waals surface area (Å²) in [6, 6.07) is 3.91. The number of aromatic amines is 1. The van der Waals surface area contributed by atoms with Crippen molar-refractivity contribution in [2.24, 2.45) is 0 Å². The Morgan fingerprint density at radius 2 is 1.78 bits per heavy atom. The average Bonchev–Trinajstić information content (AvgIpc) is 2.77. The van der Waals surface area contributed by atoms with E-state index in [0.717, 1.165) is 32.8 Å². The van der Waals surface area contributed by atoms with Gasteiger partial charge in [0.25, 0.3) is 0 Å². The van der Waals surface area contributed by atoms with Crippen molar-refractivity contribution >= 4 is 32.8 Å². The van der Waals surface area contributed by atoms with Gasteiger partial charge in [0.05, 0.1) is 11.0 Å². The number of fused-ring (bicyclic) bond motifs is 4. The van der Waals surface area contributed by atoms with Crippen LogP contribution in [-0.2, 0) is 0 Å². The minimum atomic E-state index is 0.911. The summed E-state index contributed by atoms with van der Waals surface area (Å²) in [7, 11) is 0. The van der Waals surface area contributed by atoms with Crippen LogP contribution >= 0.6 is 0 Å². The number of nitrogens with one attached hydrogen (secondary N) is 1. The summed E-state index contributed by atoms with van der Waals surface area (Å²) in [5, 5.41) is 3.34. The van der Waals surface area contributed by atoms with E-state index in [1.54, 1.807) is 12.4 Å². The largest absolute Gasteiger partial charge is 0.339 e. The molecule has 0 aliphatic carbocycles. The number of rotatable bonds is 0. The molecule has 4 aromatic heterocycles. The molecule has 86 valence electrons. The van der Waals surface area contributed by atoms with Crippen molar-refractivity contribution in [3.8, 4) is 0 Å². The maximum absolute atomic E-state index is 4.65. The average molecular weight is 234 g/mol. The zero-order valence-electron chi connectivity index (χ0n) is 9.81. The highest BCUT2D eigenvalue weighted by atomic mass is 14.9. The fraction of sp³-hybridized carbons (Fsp3) is 0.0714. The van der Waals surface area contributed by atoms with Gasteiger partial charge in [-0.25, -0.2) is 4.98 Å². The molecular formula is C14H10N4. The van der Waals surface area contributed by atoms with Gasteiger partial charge in [0.15, 0.2) is 0 Å². The zero-order chi connectivity index (χ0) is 12.1. The van der Waals surface area contributed by atoms with Crippen LogP contribution in [-0.4, -0.2) is 19.9 Å². The van der Waals surface area contributed by atoms with Crippen molar-refractivity contribution in [3.63, 3.8) is 0 Å². The highest BCUT2D eigenvalue weighted by Crippen LogP contribution is 2.30. The second kappa shape index (κ2) is 3.26. The summed E-state index contributed by atoms with van der Waals surface area (Å²) in [6.45, 7) is 2.11. The molecule has 0 saturated carbocycles. The van der Waals surface area contributed by atoms with Gasteiger partial charge in [-0.15, -0.1) is 0 Å². The lowest BCUT2D eigenvalue weighted by atomic mass is 10.1. The molecular weight excluding hydrogens is 224 g/mol. The third-order valence-corrected chi connectivity index (χ3v) is 3.39. The molecule has 0 aliphatic rings. The summed E-state index contributed by atoms with van der Waals surface area (Å²) in [4.78, 5) is 16.4. The molecule has 4 nitrogen and oxygen atoms in total. The predicted molar refractivity (Wildman–Crippen MR) is 71.4 cm³/mol. The Morgan fingerprint density at radius 1 is 1.00 bits per heavy atom. The Morgan fingerprint density at radius 3 is 2.67 bits per heavy atom. The summed E-state index contributed by atoms with van der Waals surface area (Å²) < 4.78 is 0. The lowest BCUT2D eigenvalue weighted by Gasteiger charge is -2.02. The molecule has 0 aliphatic heterocycles. The Balaban J connectivity index is 2.34. The van der Waals surface area contributed by atoms with Gasteiger partial charge < -0.3 is 4.98 Å². The Labute approximate surface area is 103 Å². The minimum Gasteiger partial charge on any atom is -0.339 e. The van der Waals surface area contributed by atoms with E-state index in [9.17, 15) is 0 Å². The zero-order valence-corrected chi connectivity index (χ0v) is 9.81. The quantitative estimate of drug-likeness (QED) is 0.509. The first-order valence-corrected chi connectivity index (χ1v) is 5.80. The first kappa shape index (κ1) is 9.53. The maximum Gasteiger partial charge on any atom is 0.139 e. The highest BCUT2D eigenvalue weighted by Gasteiger charge is 2.11. The minimum absolute atomic E-state index is 0.911. The first-order chi connectivity index (χ1) is 8.84. The Hall–Kier alpha value is -2.49. The molecule has 1 N–H and O–H groups in total. The Kier molecular flexibility index (Phi) is 1.73. The summed E-state index contributed by atoms with van der Waals surface area (Å²) in [5.41, 5.74) is 4.14. The molecule has 0 saturated heterocycles. The fourth-order valence-electron chi connectivity index (χ4n) is 2.51. The van der Waals surface area contributed by atoms with Crippen molar-refractivity contribution in [2.45, 2.75) is 6.92 Å². The number of H-pyrrole nitrogens is 1. The third kappa shape index (κ3) is 1.12. The van der Waals surface area contributed by atoms with Crippen molar-refractivity contribution in [2.75, 3.05) is 0 Å². The molecule has 0 aromatic carbocycles. The second-order valence-electron chi connectivity index (χ2n) is 4.40. The number of pyridine rings is 3. The molecule has 0 fully saturated rings. The van der Waals surface area contributed by atoms with Crippen LogP contribution in [0.25, 0.3) is 32.8 Å². The molecule has 18 heavy (non-hydrogen) atoms. The smallest absolute Gasteiger partial charge is 0.139 e.